The zero-order chi connectivity index (χ0) is 25.1. The molecule has 0 spiro atoms. The third kappa shape index (κ3) is 2.82. The van der Waals surface area contributed by atoms with E-state index in [1.165, 1.54) is 5.57 Å². The van der Waals surface area contributed by atoms with E-state index in [-0.39, 0.29) is 39.1 Å². The van der Waals surface area contributed by atoms with E-state index < -0.39 is 17.5 Å². The highest BCUT2D eigenvalue weighted by Crippen LogP contribution is 2.75. The van der Waals surface area contributed by atoms with Crippen LogP contribution in [0.4, 0.5) is 0 Å². The summed E-state index contributed by atoms with van der Waals surface area (Å²) in [7, 11) is 0. The summed E-state index contributed by atoms with van der Waals surface area (Å²) in [4.78, 5) is 12.8. The van der Waals surface area contributed by atoms with Crippen LogP contribution in [0.5, 0.6) is 0 Å². The Bertz CT molecular complexity index is 919. The summed E-state index contributed by atoms with van der Waals surface area (Å²) >= 11 is 0. The summed E-state index contributed by atoms with van der Waals surface area (Å²) in [6.07, 6.45) is 9.68. The van der Waals surface area contributed by atoms with Crippen molar-refractivity contribution < 1.29 is 20.1 Å². The van der Waals surface area contributed by atoms with Crippen molar-refractivity contribution in [3.8, 4) is 0 Å². The number of aliphatic carboxylic acids is 1. The highest BCUT2D eigenvalue weighted by Gasteiger charge is 2.69. The van der Waals surface area contributed by atoms with Crippen molar-refractivity contribution in [1.82, 2.24) is 0 Å². The highest BCUT2D eigenvalue weighted by molar-refractivity contribution is 5.77. The van der Waals surface area contributed by atoms with Crippen LogP contribution in [-0.2, 0) is 4.79 Å². The molecule has 9 atom stereocenters. The van der Waals surface area contributed by atoms with Gasteiger partial charge in [0.05, 0.1) is 17.6 Å². The van der Waals surface area contributed by atoms with Crippen LogP contribution in [0.25, 0.3) is 0 Å². The molecule has 4 heteroatoms. The van der Waals surface area contributed by atoms with E-state index in [1.807, 2.05) is 0 Å². The molecule has 0 aromatic rings. The Kier molecular flexibility index (Phi) is 5.20. The lowest BCUT2D eigenvalue weighted by molar-refractivity contribution is -0.208. The molecule has 0 aromatic heterocycles. The van der Waals surface area contributed by atoms with Gasteiger partial charge in [-0.25, -0.2) is 0 Å². The van der Waals surface area contributed by atoms with Gasteiger partial charge < -0.3 is 15.3 Å². The Morgan fingerprint density at radius 2 is 1.53 bits per heavy atom. The van der Waals surface area contributed by atoms with Crippen molar-refractivity contribution in [3.63, 3.8) is 0 Å². The first-order chi connectivity index (χ1) is 15.6. The molecule has 5 aliphatic carbocycles. The maximum atomic E-state index is 12.8. The number of allylic oxidation sites excluding steroid dienone is 2. The fraction of sp³-hybridized carbons (Fsp3) is 0.900. The van der Waals surface area contributed by atoms with Crippen molar-refractivity contribution in [2.24, 2.45) is 50.2 Å². The Morgan fingerprint density at radius 3 is 2.18 bits per heavy atom. The van der Waals surface area contributed by atoms with Crippen molar-refractivity contribution in [2.45, 2.75) is 118 Å². The predicted molar refractivity (Wildman–Crippen MR) is 134 cm³/mol. The first kappa shape index (κ1) is 24.8. The molecule has 0 bridgehead atoms. The van der Waals surface area contributed by atoms with Crippen molar-refractivity contribution >= 4 is 5.97 Å². The van der Waals surface area contributed by atoms with E-state index >= 15 is 0 Å². The molecule has 5 aliphatic rings. The van der Waals surface area contributed by atoms with E-state index in [0.717, 1.165) is 44.9 Å². The summed E-state index contributed by atoms with van der Waals surface area (Å²) in [5, 5.41) is 32.3. The Labute approximate surface area is 206 Å². The molecule has 4 fully saturated rings. The lowest BCUT2D eigenvalue weighted by Crippen LogP contribution is -2.65. The molecule has 4 nitrogen and oxygen atoms in total. The highest BCUT2D eigenvalue weighted by atomic mass is 16.4. The average Bonchev–Trinajstić information content (AvgIpc) is 2.72. The van der Waals surface area contributed by atoms with Crippen LogP contribution in [0, 0.1) is 50.2 Å². The molecule has 0 amide bonds. The number of hydrogen-bond acceptors (Lipinski definition) is 3. The minimum Gasteiger partial charge on any atom is -0.481 e. The van der Waals surface area contributed by atoms with Crippen LogP contribution in [0.3, 0.4) is 0 Å². The second-order valence-corrected chi connectivity index (χ2v) is 15.1. The van der Waals surface area contributed by atoms with Gasteiger partial charge in [0.1, 0.15) is 0 Å². The fourth-order valence-corrected chi connectivity index (χ4v) is 10.6. The molecule has 192 valence electrons. The van der Waals surface area contributed by atoms with E-state index in [0.29, 0.717) is 24.7 Å². The lowest BCUT2D eigenvalue weighted by atomic mass is 9.33. The third-order valence-electron chi connectivity index (χ3n) is 13.2. The topological polar surface area (TPSA) is 77.8 Å². The van der Waals surface area contributed by atoms with Crippen LogP contribution in [-0.4, -0.2) is 33.5 Å². The molecule has 0 radical (unpaired) electrons. The fourth-order valence-electron chi connectivity index (χ4n) is 10.6. The smallest absolute Gasteiger partial charge is 0.310 e. The lowest BCUT2D eigenvalue weighted by Gasteiger charge is -2.71. The number of carboxylic acids is 1. The van der Waals surface area contributed by atoms with Gasteiger partial charge in [0.25, 0.3) is 0 Å². The minimum atomic E-state index is -0.832. The predicted octanol–water partition coefficient (Wildman–Crippen LogP) is 6.20. The zero-order valence-corrected chi connectivity index (χ0v) is 22.6. The molecule has 5 rings (SSSR count). The molecule has 9 unspecified atom stereocenters. The normalized spacial score (nSPS) is 53.4. The van der Waals surface area contributed by atoms with Gasteiger partial charge in [-0.05, 0) is 103 Å². The summed E-state index contributed by atoms with van der Waals surface area (Å²) < 4.78 is 0. The van der Waals surface area contributed by atoms with Gasteiger partial charge >= 0.3 is 5.97 Å². The molecule has 34 heavy (non-hydrogen) atoms. The maximum absolute atomic E-state index is 12.8. The standard InChI is InChI=1S/C30H48O4/c1-25(2)16-19-18-8-9-21-27(5)12-11-22(31)26(3,4)20(27)10-13-29(21,7)28(18,6)14-15-30(19,24(33)34)17-23(25)32/h8,19-23,31-32H,9-17H2,1-7H3,(H,33,34). The summed E-state index contributed by atoms with van der Waals surface area (Å²) in [5.41, 5.74) is 0.558. The van der Waals surface area contributed by atoms with Gasteiger partial charge in [-0.3, -0.25) is 4.79 Å². The molecule has 0 aromatic carbocycles. The number of carboxylic acid groups (broad SMARTS) is 1. The van der Waals surface area contributed by atoms with Gasteiger partial charge in [-0.15, -0.1) is 0 Å². The van der Waals surface area contributed by atoms with Gasteiger partial charge in [0, 0.05) is 0 Å². The van der Waals surface area contributed by atoms with E-state index in [4.69, 9.17) is 0 Å². The molecule has 3 N–H and O–H groups in total. The Hall–Kier alpha value is -0.870. The number of hydrogen-bond donors (Lipinski definition) is 3. The van der Waals surface area contributed by atoms with E-state index in [1.54, 1.807) is 0 Å². The molecule has 0 saturated heterocycles. The SMILES string of the molecule is CC1(C)CC2C3=CCC4C5(C)CCC(O)C(C)(C)C5CCC4(C)C3(C)CCC2(C(=O)O)CC1O. The average molecular weight is 473 g/mol. The molecular weight excluding hydrogens is 424 g/mol. The van der Waals surface area contributed by atoms with Gasteiger partial charge in [-0.1, -0.05) is 60.1 Å². The Balaban J connectivity index is 1.60. The second kappa shape index (κ2) is 7.12. The van der Waals surface area contributed by atoms with E-state index in [2.05, 4.69) is 54.5 Å². The number of aliphatic hydroxyl groups is 2. The van der Waals surface area contributed by atoms with Crippen LogP contribution >= 0.6 is 0 Å². The second-order valence-electron chi connectivity index (χ2n) is 15.1. The van der Waals surface area contributed by atoms with Crippen LogP contribution in [0.2, 0.25) is 0 Å². The molecular formula is C30H48O4. The van der Waals surface area contributed by atoms with Gasteiger partial charge in [-0.2, -0.15) is 0 Å². The van der Waals surface area contributed by atoms with Crippen molar-refractivity contribution in [2.75, 3.05) is 0 Å². The number of aliphatic hydroxyl groups excluding tert-OH is 2. The minimum absolute atomic E-state index is 0.00785. The van der Waals surface area contributed by atoms with Gasteiger partial charge in [0.2, 0.25) is 0 Å². The monoisotopic (exact) mass is 472 g/mol. The van der Waals surface area contributed by atoms with E-state index in [9.17, 15) is 20.1 Å². The third-order valence-corrected chi connectivity index (χ3v) is 13.2. The number of fused-ring (bicyclic) bond motifs is 7. The first-order valence-corrected chi connectivity index (χ1v) is 13.9. The number of rotatable bonds is 1. The Morgan fingerprint density at radius 1 is 0.853 bits per heavy atom. The summed E-state index contributed by atoms with van der Waals surface area (Å²) in [6, 6.07) is 0. The maximum Gasteiger partial charge on any atom is 0.310 e. The van der Waals surface area contributed by atoms with Crippen LogP contribution in [0.1, 0.15) is 106 Å². The summed E-state index contributed by atoms with van der Waals surface area (Å²) in [6.45, 7) is 16.3. The molecule has 4 saturated carbocycles. The number of carbonyl (C=O) groups is 1. The zero-order valence-electron chi connectivity index (χ0n) is 22.6. The van der Waals surface area contributed by atoms with Crippen LogP contribution < -0.4 is 0 Å². The van der Waals surface area contributed by atoms with Crippen molar-refractivity contribution in [3.05, 3.63) is 11.6 Å². The van der Waals surface area contributed by atoms with Crippen LogP contribution in [0.15, 0.2) is 11.6 Å². The quantitative estimate of drug-likeness (QED) is 0.397. The molecule has 0 aliphatic heterocycles. The summed E-state index contributed by atoms with van der Waals surface area (Å²) in [5.74, 6) is 0.376. The van der Waals surface area contributed by atoms with Gasteiger partial charge in [0.15, 0.2) is 0 Å². The first-order valence-electron chi connectivity index (χ1n) is 13.9. The molecule has 0 heterocycles. The largest absolute Gasteiger partial charge is 0.481 e. The van der Waals surface area contributed by atoms with Crippen molar-refractivity contribution in [1.29, 1.82) is 0 Å².